The van der Waals surface area contributed by atoms with Crippen molar-refractivity contribution >= 4 is 28.0 Å². The maximum Gasteiger partial charge on any atom is 0.273 e. The summed E-state index contributed by atoms with van der Waals surface area (Å²) in [5, 5.41) is 5.97. The number of rotatable bonds is 4. The predicted octanol–water partition coefficient (Wildman–Crippen LogP) is 2.25. The molecule has 2 N–H and O–H groups in total. The van der Waals surface area contributed by atoms with E-state index in [1.165, 1.54) is 4.88 Å². The van der Waals surface area contributed by atoms with Gasteiger partial charge < -0.3 is 5.32 Å². The Morgan fingerprint density at radius 3 is 2.56 bits per heavy atom. The Hall–Kier alpha value is -2.67. The first-order chi connectivity index (χ1) is 11.9. The number of aromatic nitrogens is 2. The molecule has 0 bridgehead atoms. The lowest BCUT2D eigenvalue weighted by atomic mass is 10.1. The highest BCUT2D eigenvalue weighted by atomic mass is 32.1. The molecule has 0 saturated heterocycles. The lowest BCUT2D eigenvalue weighted by Gasteiger charge is -2.14. The zero-order chi connectivity index (χ0) is 18.1. The van der Waals surface area contributed by atoms with Gasteiger partial charge in [0.05, 0.1) is 16.8 Å². The first-order valence-electron chi connectivity index (χ1n) is 7.95. The minimum atomic E-state index is -0.389. The van der Waals surface area contributed by atoms with E-state index in [9.17, 15) is 14.4 Å². The Bertz CT molecular complexity index is 1060. The minimum Gasteiger partial charge on any atom is -0.348 e. The lowest BCUT2D eigenvalue weighted by Crippen LogP contribution is -2.37. The number of aryl methyl sites for hydroxylation is 2. The van der Waals surface area contributed by atoms with Crippen LogP contribution in [0.15, 0.2) is 39.9 Å². The predicted molar refractivity (Wildman–Crippen MR) is 99.2 cm³/mol. The topological polar surface area (TPSA) is 84.0 Å². The molecule has 7 heteroatoms. The van der Waals surface area contributed by atoms with Crippen LogP contribution in [0.3, 0.4) is 0 Å². The van der Waals surface area contributed by atoms with Gasteiger partial charge in [-0.15, -0.1) is 11.3 Å². The van der Waals surface area contributed by atoms with E-state index in [0.717, 1.165) is 15.1 Å². The molecule has 0 aliphatic rings. The van der Waals surface area contributed by atoms with Gasteiger partial charge in [0, 0.05) is 9.75 Å². The Morgan fingerprint density at radius 2 is 1.92 bits per heavy atom. The van der Waals surface area contributed by atoms with Crippen molar-refractivity contribution in [1.82, 2.24) is 15.1 Å². The van der Waals surface area contributed by atoms with Crippen LogP contribution in [0, 0.1) is 13.8 Å². The van der Waals surface area contributed by atoms with Gasteiger partial charge in [-0.3, -0.25) is 19.5 Å². The summed E-state index contributed by atoms with van der Waals surface area (Å²) in [5.41, 5.74) is 0.288. The monoisotopic (exact) mass is 357 g/mol. The van der Waals surface area contributed by atoms with Gasteiger partial charge in [0.2, 0.25) is 5.91 Å². The van der Waals surface area contributed by atoms with Gasteiger partial charge >= 0.3 is 0 Å². The van der Waals surface area contributed by atoms with Crippen LogP contribution in [0.4, 0.5) is 0 Å². The van der Waals surface area contributed by atoms with Crippen molar-refractivity contribution in [2.45, 2.75) is 33.4 Å². The number of hydrogen-bond donors (Lipinski definition) is 2. The number of nitrogens with one attached hydrogen (secondary N) is 2. The second-order valence-corrected chi connectivity index (χ2v) is 7.50. The van der Waals surface area contributed by atoms with Gasteiger partial charge in [-0.05, 0) is 44.5 Å². The van der Waals surface area contributed by atoms with E-state index in [4.69, 9.17) is 0 Å². The molecule has 1 amide bonds. The van der Waals surface area contributed by atoms with Crippen molar-refractivity contribution in [1.29, 1.82) is 0 Å². The first-order valence-corrected chi connectivity index (χ1v) is 8.76. The summed E-state index contributed by atoms with van der Waals surface area (Å²) < 4.78 is 1.05. The second kappa shape index (κ2) is 6.68. The molecule has 0 saturated carbocycles. The molecule has 25 heavy (non-hydrogen) atoms. The van der Waals surface area contributed by atoms with Crippen LogP contribution in [-0.2, 0) is 11.3 Å². The molecule has 0 spiro atoms. The van der Waals surface area contributed by atoms with Crippen molar-refractivity contribution in [3.8, 4) is 0 Å². The number of hydrogen-bond acceptors (Lipinski definition) is 4. The number of carbonyl (C=O) groups is 1. The standard InChI is InChI=1S/C18H19N3O3S/c1-10-8-15(12(3)25-10)11(2)19-16(22)9-21-18(24)14-7-5-4-6-13(14)17(23)20-21/h4-8,11H,9H2,1-3H3,(H,19,22)(H,20,23)/t11-/m1/s1. The molecule has 130 valence electrons. The van der Waals surface area contributed by atoms with Crippen molar-refractivity contribution in [3.63, 3.8) is 0 Å². The van der Waals surface area contributed by atoms with Crippen molar-refractivity contribution in [2.75, 3.05) is 0 Å². The van der Waals surface area contributed by atoms with E-state index in [1.54, 1.807) is 35.6 Å². The van der Waals surface area contributed by atoms with Gasteiger partial charge in [-0.25, -0.2) is 4.68 Å². The van der Waals surface area contributed by atoms with E-state index < -0.39 is 0 Å². The summed E-state index contributed by atoms with van der Waals surface area (Å²) in [6.45, 7) is 5.71. The number of aromatic amines is 1. The number of thiophene rings is 1. The number of fused-ring (bicyclic) bond motifs is 1. The molecule has 0 fully saturated rings. The molecule has 2 aromatic heterocycles. The van der Waals surface area contributed by atoms with Gasteiger partial charge in [-0.1, -0.05) is 12.1 Å². The fourth-order valence-corrected chi connectivity index (χ4v) is 3.97. The number of H-pyrrole nitrogens is 1. The molecular weight excluding hydrogens is 338 g/mol. The van der Waals surface area contributed by atoms with Gasteiger partial charge in [0.1, 0.15) is 6.54 Å². The number of nitrogens with zero attached hydrogens (tertiary/aromatic N) is 1. The summed E-state index contributed by atoms with van der Waals surface area (Å²) in [7, 11) is 0. The van der Waals surface area contributed by atoms with Crippen molar-refractivity contribution < 1.29 is 4.79 Å². The van der Waals surface area contributed by atoms with Crippen LogP contribution in [0.5, 0.6) is 0 Å². The molecule has 0 aliphatic heterocycles. The summed E-state index contributed by atoms with van der Waals surface area (Å²) >= 11 is 1.68. The van der Waals surface area contributed by atoms with Crippen LogP contribution in [-0.4, -0.2) is 15.7 Å². The van der Waals surface area contributed by atoms with E-state index in [1.807, 2.05) is 20.8 Å². The van der Waals surface area contributed by atoms with Crippen molar-refractivity contribution in [3.05, 3.63) is 66.4 Å². The number of amides is 1. The number of carbonyl (C=O) groups excluding carboxylic acids is 1. The van der Waals surface area contributed by atoms with Crippen LogP contribution in [0.25, 0.3) is 10.8 Å². The molecule has 1 atom stereocenters. The molecule has 3 rings (SSSR count). The molecule has 2 heterocycles. The zero-order valence-corrected chi connectivity index (χ0v) is 15.1. The van der Waals surface area contributed by atoms with E-state index in [0.29, 0.717) is 10.8 Å². The maximum atomic E-state index is 12.4. The Morgan fingerprint density at radius 1 is 1.24 bits per heavy atom. The number of benzene rings is 1. The molecule has 6 nitrogen and oxygen atoms in total. The van der Waals surface area contributed by atoms with E-state index in [-0.39, 0.29) is 29.6 Å². The third-order valence-electron chi connectivity index (χ3n) is 4.11. The normalized spacial score (nSPS) is 12.3. The summed E-state index contributed by atoms with van der Waals surface area (Å²) in [6, 6.07) is 8.44. The van der Waals surface area contributed by atoms with Crippen LogP contribution in [0.2, 0.25) is 0 Å². The fourth-order valence-electron chi connectivity index (χ4n) is 2.95. The van der Waals surface area contributed by atoms with Gasteiger partial charge in [-0.2, -0.15) is 0 Å². The third kappa shape index (κ3) is 3.41. The molecule has 0 unspecified atom stereocenters. The zero-order valence-electron chi connectivity index (χ0n) is 14.3. The lowest BCUT2D eigenvalue weighted by molar-refractivity contribution is -0.122. The van der Waals surface area contributed by atoms with Gasteiger partial charge in [0.15, 0.2) is 0 Å². The largest absolute Gasteiger partial charge is 0.348 e. The Kier molecular flexibility index (Phi) is 4.59. The van der Waals surface area contributed by atoms with Gasteiger partial charge in [0.25, 0.3) is 11.1 Å². The first kappa shape index (κ1) is 17.2. The molecule has 3 aromatic rings. The quantitative estimate of drug-likeness (QED) is 0.751. The van der Waals surface area contributed by atoms with Crippen LogP contribution in [0.1, 0.15) is 28.3 Å². The Labute approximate surface area is 148 Å². The molecular formula is C18H19N3O3S. The summed E-state index contributed by atoms with van der Waals surface area (Å²) in [4.78, 5) is 39.2. The average molecular weight is 357 g/mol. The molecule has 1 aromatic carbocycles. The fraction of sp³-hybridized carbons (Fsp3) is 0.278. The van der Waals surface area contributed by atoms with Crippen LogP contribution < -0.4 is 16.4 Å². The maximum absolute atomic E-state index is 12.4. The minimum absolute atomic E-state index is 0.166. The highest BCUT2D eigenvalue weighted by Gasteiger charge is 2.15. The second-order valence-electron chi connectivity index (χ2n) is 6.04. The Balaban J connectivity index is 1.83. The van der Waals surface area contributed by atoms with E-state index >= 15 is 0 Å². The average Bonchev–Trinajstić information content (AvgIpc) is 2.91. The smallest absolute Gasteiger partial charge is 0.273 e. The van der Waals surface area contributed by atoms with E-state index in [2.05, 4.69) is 16.5 Å². The molecule has 0 radical (unpaired) electrons. The molecule has 0 aliphatic carbocycles. The highest BCUT2D eigenvalue weighted by molar-refractivity contribution is 7.12. The highest BCUT2D eigenvalue weighted by Crippen LogP contribution is 2.25. The van der Waals surface area contributed by atoms with Crippen molar-refractivity contribution in [2.24, 2.45) is 0 Å². The third-order valence-corrected chi connectivity index (χ3v) is 5.09. The SMILES string of the molecule is Cc1cc([C@@H](C)NC(=O)Cn2[nH]c(=O)c3ccccc3c2=O)c(C)s1. The summed E-state index contributed by atoms with van der Waals surface area (Å²) in [6.07, 6.45) is 0. The van der Waals surface area contributed by atoms with Crippen LogP contribution >= 0.6 is 11.3 Å². The summed E-state index contributed by atoms with van der Waals surface area (Å²) in [5.74, 6) is -0.330.